The summed E-state index contributed by atoms with van der Waals surface area (Å²) in [6.07, 6.45) is 7.61. The van der Waals surface area contributed by atoms with E-state index in [0.717, 1.165) is 12.2 Å². The van der Waals surface area contributed by atoms with Gasteiger partial charge in [-0.15, -0.1) is 0 Å². The van der Waals surface area contributed by atoms with Gasteiger partial charge >= 0.3 is 0 Å². The zero-order chi connectivity index (χ0) is 12.4. The van der Waals surface area contributed by atoms with Gasteiger partial charge in [0.05, 0.1) is 11.7 Å². The van der Waals surface area contributed by atoms with Gasteiger partial charge in [-0.2, -0.15) is 0 Å². The lowest BCUT2D eigenvalue weighted by molar-refractivity contribution is -0.0508. The van der Waals surface area contributed by atoms with Crippen LogP contribution in [0.15, 0.2) is 24.3 Å². The molecule has 0 bridgehead atoms. The Balaban J connectivity index is 1.51. The van der Waals surface area contributed by atoms with E-state index in [1.54, 1.807) is 24.3 Å². The first kappa shape index (κ1) is 11.8. The summed E-state index contributed by atoms with van der Waals surface area (Å²) in [5.74, 6) is 1.06. The highest BCUT2D eigenvalue weighted by atomic mass is 16.6. The quantitative estimate of drug-likeness (QED) is 0.892. The van der Waals surface area contributed by atoms with Gasteiger partial charge in [0.1, 0.15) is 18.1 Å². The molecule has 0 aromatic heterocycles. The summed E-state index contributed by atoms with van der Waals surface area (Å²) in [4.78, 5) is 0. The van der Waals surface area contributed by atoms with Crippen LogP contribution in [0.2, 0.25) is 0 Å². The summed E-state index contributed by atoms with van der Waals surface area (Å²) in [5, 5.41) is 9.20. The van der Waals surface area contributed by atoms with E-state index in [1.165, 1.54) is 32.1 Å². The summed E-state index contributed by atoms with van der Waals surface area (Å²) in [6, 6.07) is 6.86. The summed E-state index contributed by atoms with van der Waals surface area (Å²) >= 11 is 0. The Hall–Kier alpha value is -1.22. The van der Waals surface area contributed by atoms with Gasteiger partial charge in [0.25, 0.3) is 0 Å². The lowest BCUT2D eigenvalue weighted by Crippen LogP contribution is -2.27. The standard InChI is InChI=1S/C15H20O3/c16-12-3-5-13(6-4-12)17-11-14-7-10-15(18-14)8-1-2-9-15/h3-6,14,16H,1-2,7-11H2. The molecule has 3 rings (SSSR count). The molecule has 1 heterocycles. The minimum atomic E-state index is 0.184. The van der Waals surface area contributed by atoms with E-state index in [4.69, 9.17) is 9.47 Å². The fraction of sp³-hybridized carbons (Fsp3) is 0.600. The van der Waals surface area contributed by atoms with Crippen molar-refractivity contribution in [1.29, 1.82) is 0 Å². The van der Waals surface area contributed by atoms with Crippen molar-refractivity contribution in [2.75, 3.05) is 6.61 Å². The molecule has 1 spiro atoms. The topological polar surface area (TPSA) is 38.7 Å². The summed E-state index contributed by atoms with van der Waals surface area (Å²) < 4.78 is 11.9. The van der Waals surface area contributed by atoms with Gasteiger partial charge in [-0.25, -0.2) is 0 Å². The molecule has 1 aliphatic heterocycles. The maximum atomic E-state index is 9.20. The summed E-state index contributed by atoms with van der Waals surface area (Å²) in [7, 11) is 0. The van der Waals surface area contributed by atoms with Crippen LogP contribution >= 0.6 is 0 Å². The second-order valence-corrected chi connectivity index (χ2v) is 5.47. The highest BCUT2D eigenvalue weighted by Gasteiger charge is 2.42. The molecule has 1 saturated carbocycles. The fourth-order valence-corrected chi connectivity index (χ4v) is 3.13. The van der Waals surface area contributed by atoms with Crippen molar-refractivity contribution < 1.29 is 14.6 Å². The number of aromatic hydroxyl groups is 1. The number of phenols is 1. The zero-order valence-electron chi connectivity index (χ0n) is 10.6. The molecular formula is C15H20O3. The van der Waals surface area contributed by atoms with Gasteiger partial charge in [-0.3, -0.25) is 0 Å². The first-order valence-electron chi connectivity index (χ1n) is 6.85. The molecule has 1 saturated heterocycles. The molecule has 98 valence electrons. The van der Waals surface area contributed by atoms with Crippen molar-refractivity contribution in [3.05, 3.63) is 24.3 Å². The molecule has 1 aromatic rings. The Morgan fingerprint density at radius 1 is 1.17 bits per heavy atom. The van der Waals surface area contributed by atoms with Crippen molar-refractivity contribution in [1.82, 2.24) is 0 Å². The Bertz CT molecular complexity index is 393. The van der Waals surface area contributed by atoms with E-state index in [0.29, 0.717) is 6.61 Å². The van der Waals surface area contributed by atoms with Crippen LogP contribution in [0.3, 0.4) is 0 Å². The molecule has 2 fully saturated rings. The predicted octanol–water partition coefficient (Wildman–Crippen LogP) is 3.26. The van der Waals surface area contributed by atoms with E-state index in [2.05, 4.69) is 0 Å². The van der Waals surface area contributed by atoms with Crippen LogP contribution in [0.25, 0.3) is 0 Å². The molecule has 3 nitrogen and oxygen atoms in total. The molecule has 1 aromatic carbocycles. The van der Waals surface area contributed by atoms with E-state index in [1.807, 2.05) is 0 Å². The summed E-state index contributed by atoms with van der Waals surface area (Å²) in [5.41, 5.74) is 0.184. The average Bonchev–Trinajstić information content (AvgIpc) is 3.00. The monoisotopic (exact) mass is 248 g/mol. The number of phenolic OH excluding ortho intramolecular Hbond substituents is 1. The third-order valence-electron chi connectivity index (χ3n) is 4.13. The molecule has 1 aliphatic carbocycles. The van der Waals surface area contributed by atoms with Gasteiger partial charge in [0.15, 0.2) is 0 Å². The Labute approximate surface area is 108 Å². The first-order valence-corrected chi connectivity index (χ1v) is 6.85. The SMILES string of the molecule is Oc1ccc(OCC2CCC3(CCCC3)O2)cc1. The Kier molecular flexibility index (Phi) is 3.16. The van der Waals surface area contributed by atoms with Gasteiger partial charge in [0.2, 0.25) is 0 Å². The van der Waals surface area contributed by atoms with Crippen LogP contribution < -0.4 is 4.74 Å². The molecule has 1 atom stereocenters. The number of hydrogen-bond acceptors (Lipinski definition) is 3. The minimum Gasteiger partial charge on any atom is -0.508 e. The van der Waals surface area contributed by atoms with Gasteiger partial charge in [-0.05, 0) is 49.9 Å². The fourth-order valence-electron chi connectivity index (χ4n) is 3.13. The number of ether oxygens (including phenoxy) is 2. The van der Waals surface area contributed by atoms with Crippen molar-refractivity contribution in [3.63, 3.8) is 0 Å². The van der Waals surface area contributed by atoms with Crippen molar-refractivity contribution in [2.24, 2.45) is 0 Å². The maximum absolute atomic E-state index is 9.20. The van der Waals surface area contributed by atoms with Crippen molar-refractivity contribution in [3.8, 4) is 11.5 Å². The van der Waals surface area contributed by atoms with Crippen LogP contribution in [0.4, 0.5) is 0 Å². The van der Waals surface area contributed by atoms with Crippen LogP contribution in [0, 0.1) is 0 Å². The highest BCUT2D eigenvalue weighted by Crippen LogP contribution is 2.43. The van der Waals surface area contributed by atoms with Crippen LogP contribution in [-0.4, -0.2) is 23.4 Å². The molecule has 1 N–H and O–H groups in total. The second-order valence-electron chi connectivity index (χ2n) is 5.47. The smallest absolute Gasteiger partial charge is 0.119 e. The van der Waals surface area contributed by atoms with Gasteiger partial charge in [0, 0.05) is 0 Å². The lowest BCUT2D eigenvalue weighted by Gasteiger charge is -2.23. The Morgan fingerprint density at radius 3 is 2.61 bits per heavy atom. The van der Waals surface area contributed by atoms with E-state index < -0.39 is 0 Å². The van der Waals surface area contributed by atoms with E-state index in [9.17, 15) is 5.11 Å². The largest absolute Gasteiger partial charge is 0.508 e. The number of rotatable bonds is 3. The molecular weight excluding hydrogens is 228 g/mol. The number of benzene rings is 1. The van der Waals surface area contributed by atoms with Crippen LogP contribution in [0.1, 0.15) is 38.5 Å². The lowest BCUT2D eigenvalue weighted by atomic mass is 9.98. The minimum absolute atomic E-state index is 0.184. The predicted molar refractivity (Wildman–Crippen MR) is 68.9 cm³/mol. The molecule has 3 heteroatoms. The highest BCUT2D eigenvalue weighted by molar-refractivity contribution is 5.30. The zero-order valence-corrected chi connectivity index (χ0v) is 10.6. The van der Waals surface area contributed by atoms with E-state index in [-0.39, 0.29) is 17.5 Å². The number of hydrogen-bond donors (Lipinski definition) is 1. The maximum Gasteiger partial charge on any atom is 0.119 e. The van der Waals surface area contributed by atoms with Crippen molar-refractivity contribution in [2.45, 2.75) is 50.2 Å². The third kappa shape index (κ3) is 2.46. The summed E-state index contributed by atoms with van der Waals surface area (Å²) in [6.45, 7) is 0.618. The first-order chi connectivity index (χ1) is 8.76. The van der Waals surface area contributed by atoms with E-state index >= 15 is 0 Å². The normalized spacial score (nSPS) is 25.7. The van der Waals surface area contributed by atoms with Gasteiger partial charge < -0.3 is 14.6 Å². The van der Waals surface area contributed by atoms with Crippen molar-refractivity contribution >= 4 is 0 Å². The molecule has 1 unspecified atom stereocenters. The van der Waals surface area contributed by atoms with Crippen LogP contribution in [-0.2, 0) is 4.74 Å². The average molecular weight is 248 g/mol. The third-order valence-corrected chi connectivity index (χ3v) is 4.13. The molecule has 0 radical (unpaired) electrons. The van der Waals surface area contributed by atoms with Crippen LogP contribution in [0.5, 0.6) is 11.5 Å². The van der Waals surface area contributed by atoms with Gasteiger partial charge in [-0.1, -0.05) is 12.8 Å². The Morgan fingerprint density at radius 2 is 1.89 bits per heavy atom. The molecule has 2 aliphatic rings. The molecule has 0 amide bonds. The molecule has 18 heavy (non-hydrogen) atoms. The second kappa shape index (κ2) is 4.81.